The van der Waals surface area contributed by atoms with Crippen molar-refractivity contribution in [2.24, 2.45) is 0 Å². The first-order chi connectivity index (χ1) is 17.0. The number of rotatable bonds is 5. The molecule has 178 valence electrons. The van der Waals surface area contributed by atoms with Gasteiger partial charge in [-0.1, -0.05) is 36.4 Å². The van der Waals surface area contributed by atoms with Gasteiger partial charge in [-0.2, -0.15) is 0 Å². The summed E-state index contributed by atoms with van der Waals surface area (Å²) in [6.07, 6.45) is 3.24. The van der Waals surface area contributed by atoms with Crippen LogP contribution in [0, 0.1) is 0 Å². The molecule has 1 atom stereocenters. The topological polar surface area (TPSA) is 107 Å². The van der Waals surface area contributed by atoms with E-state index in [2.05, 4.69) is 9.97 Å². The number of carbonyl (C=O) groups excluding carboxylic acids is 2. The normalized spacial score (nSPS) is 17.4. The Morgan fingerprint density at radius 2 is 1.54 bits per heavy atom. The van der Waals surface area contributed by atoms with Gasteiger partial charge in [0.1, 0.15) is 6.54 Å². The van der Waals surface area contributed by atoms with Crippen LogP contribution in [0.2, 0.25) is 0 Å². The lowest BCUT2D eigenvalue weighted by Gasteiger charge is -2.35. The monoisotopic (exact) mass is 471 g/mol. The minimum absolute atomic E-state index is 0.119. The van der Waals surface area contributed by atoms with E-state index in [1.807, 2.05) is 17.0 Å². The Balaban J connectivity index is 1.41. The molecule has 0 spiro atoms. The molecule has 1 N–H and O–H groups in total. The maximum Gasteiger partial charge on any atom is 0.304 e. The van der Waals surface area contributed by atoms with Gasteiger partial charge in [0.15, 0.2) is 0 Å². The molecule has 0 aliphatic carbocycles. The maximum atomic E-state index is 13.7. The van der Waals surface area contributed by atoms with Crippen molar-refractivity contribution in [3.63, 3.8) is 0 Å². The van der Waals surface area contributed by atoms with E-state index in [0.717, 1.165) is 5.56 Å². The molecule has 2 amide bonds. The van der Waals surface area contributed by atoms with Crippen LogP contribution in [-0.4, -0.2) is 70.5 Å². The molecule has 3 heterocycles. The van der Waals surface area contributed by atoms with E-state index in [-0.39, 0.29) is 24.8 Å². The second-order valence-electron chi connectivity index (χ2n) is 8.60. The lowest BCUT2D eigenvalue weighted by atomic mass is 9.86. The van der Waals surface area contributed by atoms with Gasteiger partial charge in [-0.15, -0.1) is 0 Å². The molecule has 0 saturated carbocycles. The Labute approximate surface area is 202 Å². The molecule has 9 heteroatoms. The van der Waals surface area contributed by atoms with Gasteiger partial charge in [-0.3, -0.25) is 19.3 Å². The molecule has 2 aromatic carbocycles. The number of hydrogen-bond donors (Lipinski definition) is 1. The van der Waals surface area contributed by atoms with Crippen LogP contribution >= 0.6 is 0 Å². The van der Waals surface area contributed by atoms with E-state index in [4.69, 9.17) is 0 Å². The van der Waals surface area contributed by atoms with Crippen LogP contribution < -0.4 is 9.80 Å². The van der Waals surface area contributed by atoms with Crippen LogP contribution in [0.1, 0.15) is 33.8 Å². The van der Waals surface area contributed by atoms with Crippen molar-refractivity contribution in [2.45, 2.75) is 12.3 Å². The van der Waals surface area contributed by atoms with Gasteiger partial charge in [0, 0.05) is 55.7 Å². The van der Waals surface area contributed by atoms with Crippen molar-refractivity contribution in [3.8, 4) is 0 Å². The van der Waals surface area contributed by atoms with Gasteiger partial charge in [0.05, 0.1) is 6.42 Å². The van der Waals surface area contributed by atoms with Crippen LogP contribution in [-0.2, 0) is 9.59 Å². The number of amides is 2. The number of fused-ring (bicyclic) bond motifs is 2. The van der Waals surface area contributed by atoms with Gasteiger partial charge < -0.3 is 14.9 Å². The van der Waals surface area contributed by atoms with Gasteiger partial charge in [-0.25, -0.2) is 9.97 Å². The molecule has 3 aromatic rings. The number of carboxylic acids is 1. The molecule has 5 rings (SSSR count). The van der Waals surface area contributed by atoms with E-state index in [1.165, 1.54) is 4.90 Å². The van der Waals surface area contributed by atoms with E-state index < -0.39 is 11.9 Å². The van der Waals surface area contributed by atoms with E-state index in [9.17, 15) is 19.5 Å². The fraction of sp³-hybridized carbons (Fsp3) is 0.269. The first-order valence-electron chi connectivity index (χ1n) is 11.5. The first kappa shape index (κ1) is 22.5. The number of carbonyl (C=O) groups is 3. The van der Waals surface area contributed by atoms with Crippen LogP contribution in [0.5, 0.6) is 0 Å². The van der Waals surface area contributed by atoms with Crippen LogP contribution in [0.3, 0.4) is 0 Å². The van der Waals surface area contributed by atoms with Crippen molar-refractivity contribution in [2.75, 3.05) is 42.5 Å². The number of aromatic nitrogens is 2. The fourth-order valence-corrected chi connectivity index (χ4v) is 4.84. The second-order valence-corrected chi connectivity index (χ2v) is 8.60. The molecule has 2 aliphatic heterocycles. The average molecular weight is 472 g/mol. The van der Waals surface area contributed by atoms with Crippen LogP contribution in [0.25, 0.3) is 0 Å². The number of carboxylic acid groups (broad SMARTS) is 1. The number of nitrogens with zero attached hydrogens (tertiary/aromatic N) is 5. The quantitative estimate of drug-likeness (QED) is 0.609. The summed E-state index contributed by atoms with van der Waals surface area (Å²) in [5.74, 6) is -1.26. The maximum absolute atomic E-state index is 13.7. The Hall–Kier alpha value is -4.27. The zero-order valence-electron chi connectivity index (χ0n) is 19.1. The standard InChI is InChI=1S/C26H25N5O4/c32-23(29-12-14-30(15-13-29)26-27-10-5-11-28-26)17-31-22-9-4-3-7-19(22)21(16-24(33)34)18-6-1-2-8-20(18)25(31)35/h1-11,21H,12-17H2,(H,33,34). The summed E-state index contributed by atoms with van der Waals surface area (Å²) < 4.78 is 0. The highest BCUT2D eigenvalue weighted by molar-refractivity contribution is 6.11. The summed E-state index contributed by atoms with van der Waals surface area (Å²) in [5.41, 5.74) is 2.39. The number of hydrogen-bond acceptors (Lipinski definition) is 6. The second kappa shape index (κ2) is 9.54. The molecule has 35 heavy (non-hydrogen) atoms. The SMILES string of the molecule is O=C(O)CC1c2ccccc2C(=O)N(CC(=O)N2CCN(c3ncccn3)CC2)c2ccccc21. The Morgan fingerprint density at radius 1 is 0.886 bits per heavy atom. The molecule has 1 fully saturated rings. The summed E-state index contributed by atoms with van der Waals surface area (Å²) in [4.78, 5) is 52.5. The predicted molar refractivity (Wildman–Crippen MR) is 129 cm³/mol. The predicted octanol–water partition coefficient (Wildman–Crippen LogP) is 2.39. The van der Waals surface area contributed by atoms with Crippen LogP contribution in [0.4, 0.5) is 11.6 Å². The highest BCUT2D eigenvalue weighted by Gasteiger charge is 2.35. The highest BCUT2D eigenvalue weighted by atomic mass is 16.4. The molecule has 0 radical (unpaired) electrons. The largest absolute Gasteiger partial charge is 0.481 e. The third kappa shape index (κ3) is 4.44. The van der Waals surface area contributed by atoms with E-state index in [0.29, 0.717) is 48.9 Å². The molecule has 2 aliphatic rings. The fourth-order valence-electron chi connectivity index (χ4n) is 4.84. The van der Waals surface area contributed by atoms with Gasteiger partial charge in [0.2, 0.25) is 11.9 Å². The number of piperazine rings is 1. The Bertz CT molecular complexity index is 1260. The first-order valence-corrected chi connectivity index (χ1v) is 11.5. The van der Waals surface area contributed by atoms with Crippen molar-refractivity contribution < 1.29 is 19.5 Å². The minimum Gasteiger partial charge on any atom is -0.481 e. The Kier molecular flexibility index (Phi) is 6.13. The van der Waals surface area contributed by atoms with Crippen molar-refractivity contribution in [1.82, 2.24) is 14.9 Å². The summed E-state index contributed by atoms with van der Waals surface area (Å²) >= 11 is 0. The summed E-state index contributed by atoms with van der Waals surface area (Å²) in [6.45, 7) is 2.08. The van der Waals surface area contributed by atoms with Crippen molar-refractivity contribution >= 4 is 29.4 Å². The molecule has 1 aromatic heterocycles. The number of aliphatic carboxylic acids is 1. The third-order valence-corrected chi connectivity index (χ3v) is 6.55. The van der Waals surface area contributed by atoms with Gasteiger partial charge >= 0.3 is 5.97 Å². The molecular weight excluding hydrogens is 446 g/mol. The van der Waals surface area contributed by atoms with Gasteiger partial charge in [0.25, 0.3) is 5.91 Å². The zero-order chi connectivity index (χ0) is 24.4. The van der Waals surface area contributed by atoms with E-state index >= 15 is 0 Å². The number of anilines is 2. The minimum atomic E-state index is -0.947. The van der Waals surface area contributed by atoms with Crippen molar-refractivity contribution in [1.29, 1.82) is 0 Å². The third-order valence-electron chi connectivity index (χ3n) is 6.55. The molecular formula is C26H25N5O4. The summed E-state index contributed by atoms with van der Waals surface area (Å²) in [5, 5.41) is 9.59. The number of benzene rings is 2. The summed E-state index contributed by atoms with van der Waals surface area (Å²) in [6, 6.07) is 16.1. The highest BCUT2D eigenvalue weighted by Crippen LogP contribution is 2.40. The summed E-state index contributed by atoms with van der Waals surface area (Å²) in [7, 11) is 0. The molecule has 9 nitrogen and oxygen atoms in total. The van der Waals surface area contributed by atoms with Crippen molar-refractivity contribution in [3.05, 3.63) is 83.7 Å². The van der Waals surface area contributed by atoms with Gasteiger partial charge in [-0.05, 0) is 29.3 Å². The smallest absolute Gasteiger partial charge is 0.304 e. The Morgan fingerprint density at radius 3 is 2.26 bits per heavy atom. The molecule has 0 bridgehead atoms. The lowest BCUT2D eigenvalue weighted by molar-refractivity contribution is -0.137. The lowest BCUT2D eigenvalue weighted by Crippen LogP contribution is -2.52. The zero-order valence-corrected chi connectivity index (χ0v) is 19.1. The number of para-hydroxylation sites is 1. The average Bonchev–Trinajstić information content (AvgIpc) is 2.99. The molecule has 1 saturated heterocycles. The molecule has 1 unspecified atom stereocenters. The van der Waals surface area contributed by atoms with Crippen LogP contribution in [0.15, 0.2) is 67.0 Å². The van der Waals surface area contributed by atoms with E-state index in [1.54, 1.807) is 59.8 Å².